The van der Waals surface area contributed by atoms with E-state index in [2.05, 4.69) is 5.10 Å². The van der Waals surface area contributed by atoms with Crippen molar-refractivity contribution in [1.29, 1.82) is 0 Å². The smallest absolute Gasteiger partial charge is 0.224 e. The van der Waals surface area contributed by atoms with Crippen molar-refractivity contribution in [3.05, 3.63) is 83.0 Å². The first-order valence-electron chi connectivity index (χ1n) is 8.08. The Morgan fingerprint density at radius 2 is 1.75 bits per heavy atom. The van der Waals surface area contributed by atoms with Crippen molar-refractivity contribution in [2.75, 3.05) is 0 Å². The maximum absolute atomic E-state index is 12.6. The fraction of sp³-hybridized carbons (Fsp3) is 0.200. The highest BCUT2D eigenvalue weighted by molar-refractivity contribution is 6.00. The van der Waals surface area contributed by atoms with Gasteiger partial charge in [0, 0.05) is 0 Å². The Hall–Kier alpha value is -2.88. The summed E-state index contributed by atoms with van der Waals surface area (Å²) in [5, 5.41) is 4.54. The molecule has 1 atom stereocenters. The van der Waals surface area contributed by atoms with Gasteiger partial charge in [-0.05, 0) is 18.1 Å². The average Bonchev–Trinajstić information content (AvgIpc) is 2.93. The van der Waals surface area contributed by atoms with E-state index < -0.39 is 0 Å². The van der Waals surface area contributed by atoms with Crippen molar-refractivity contribution in [1.82, 2.24) is 9.78 Å². The second kappa shape index (κ2) is 5.96. The van der Waals surface area contributed by atoms with Crippen LogP contribution in [-0.4, -0.2) is 15.6 Å². The zero-order valence-electron chi connectivity index (χ0n) is 13.5. The summed E-state index contributed by atoms with van der Waals surface area (Å²) in [6.45, 7) is 2.45. The van der Waals surface area contributed by atoms with E-state index in [4.69, 9.17) is 4.74 Å². The van der Waals surface area contributed by atoms with Gasteiger partial charge in [0.25, 0.3) is 0 Å². The predicted octanol–water partition coefficient (Wildman–Crippen LogP) is 3.95. The number of ketones is 1. The molecule has 1 aliphatic rings. The summed E-state index contributed by atoms with van der Waals surface area (Å²) in [6.07, 6.45) is 0.103. The quantitative estimate of drug-likeness (QED) is 0.734. The number of benzene rings is 2. The fourth-order valence-electron chi connectivity index (χ4n) is 3.17. The van der Waals surface area contributed by atoms with Crippen molar-refractivity contribution >= 4 is 5.78 Å². The third-order valence-electron chi connectivity index (χ3n) is 4.33. The Morgan fingerprint density at radius 1 is 1.08 bits per heavy atom. The van der Waals surface area contributed by atoms with E-state index >= 15 is 0 Å². The van der Waals surface area contributed by atoms with Crippen LogP contribution in [0.15, 0.2) is 60.7 Å². The van der Waals surface area contributed by atoms with Gasteiger partial charge in [-0.15, -0.1) is 0 Å². The molecule has 0 N–H and O–H groups in total. The van der Waals surface area contributed by atoms with E-state index in [1.165, 1.54) is 0 Å². The molecule has 0 bridgehead atoms. The van der Waals surface area contributed by atoms with Gasteiger partial charge in [0.05, 0.1) is 18.7 Å². The Bertz CT molecular complexity index is 869. The van der Waals surface area contributed by atoms with Crippen LogP contribution in [0.1, 0.15) is 39.7 Å². The van der Waals surface area contributed by atoms with E-state index in [1.54, 1.807) is 4.68 Å². The van der Waals surface area contributed by atoms with Gasteiger partial charge in [-0.2, -0.15) is 5.10 Å². The Kier molecular flexibility index (Phi) is 3.65. The average molecular weight is 318 g/mol. The number of fused-ring (bicyclic) bond motifs is 1. The highest BCUT2D eigenvalue weighted by Gasteiger charge is 2.33. The molecular formula is C20H18N2O2. The summed E-state index contributed by atoms with van der Waals surface area (Å²) in [4.78, 5) is 12.6. The van der Waals surface area contributed by atoms with Gasteiger partial charge in [-0.25, -0.2) is 4.68 Å². The molecule has 0 amide bonds. The number of rotatable bonds is 3. The minimum absolute atomic E-state index is 0.0990. The first-order chi connectivity index (χ1) is 11.7. The highest BCUT2D eigenvalue weighted by Crippen LogP contribution is 2.36. The summed E-state index contributed by atoms with van der Waals surface area (Å²) >= 11 is 0. The van der Waals surface area contributed by atoms with Crippen LogP contribution in [0.5, 0.6) is 5.88 Å². The molecule has 4 nitrogen and oxygen atoms in total. The van der Waals surface area contributed by atoms with Gasteiger partial charge in [0.1, 0.15) is 11.7 Å². The Labute approximate surface area is 140 Å². The van der Waals surface area contributed by atoms with E-state index in [9.17, 15) is 4.79 Å². The molecule has 4 rings (SSSR count). The summed E-state index contributed by atoms with van der Waals surface area (Å²) in [5.41, 5.74) is 3.50. The number of ether oxygens (including phenoxy) is 1. The van der Waals surface area contributed by atoms with Crippen LogP contribution < -0.4 is 4.74 Å². The zero-order valence-corrected chi connectivity index (χ0v) is 13.5. The number of nitrogens with zero attached hydrogens (tertiary/aromatic N) is 2. The second-order valence-electron chi connectivity index (χ2n) is 6.05. The monoisotopic (exact) mass is 318 g/mol. The van der Waals surface area contributed by atoms with Crippen molar-refractivity contribution in [2.24, 2.45) is 0 Å². The summed E-state index contributed by atoms with van der Waals surface area (Å²) in [7, 11) is 0. The Morgan fingerprint density at radius 3 is 2.46 bits per heavy atom. The molecule has 120 valence electrons. The maximum atomic E-state index is 12.6. The molecule has 2 heterocycles. The van der Waals surface area contributed by atoms with Gasteiger partial charge < -0.3 is 4.74 Å². The SMILES string of the molecule is Cc1nn(Cc2ccccc2)c2c1C(=O)CC(c1ccccc1)O2. The highest BCUT2D eigenvalue weighted by atomic mass is 16.5. The first kappa shape index (κ1) is 14.7. The van der Waals surface area contributed by atoms with Crippen LogP contribution in [0.2, 0.25) is 0 Å². The fourth-order valence-corrected chi connectivity index (χ4v) is 3.17. The first-order valence-corrected chi connectivity index (χ1v) is 8.08. The third kappa shape index (κ3) is 2.60. The molecule has 0 fully saturated rings. The van der Waals surface area contributed by atoms with Crippen LogP contribution in [0.3, 0.4) is 0 Å². The van der Waals surface area contributed by atoms with Crippen LogP contribution in [0.25, 0.3) is 0 Å². The van der Waals surface area contributed by atoms with Crippen molar-refractivity contribution in [3.8, 4) is 5.88 Å². The third-order valence-corrected chi connectivity index (χ3v) is 4.33. The second-order valence-corrected chi connectivity index (χ2v) is 6.05. The van der Waals surface area contributed by atoms with E-state index in [0.29, 0.717) is 24.4 Å². The van der Waals surface area contributed by atoms with Gasteiger partial charge in [-0.1, -0.05) is 60.7 Å². The van der Waals surface area contributed by atoms with Gasteiger partial charge >= 0.3 is 0 Å². The van der Waals surface area contributed by atoms with Crippen LogP contribution >= 0.6 is 0 Å². The largest absolute Gasteiger partial charge is 0.469 e. The molecule has 3 aromatic rings. The normalized spacial score (nSPS) is 16.5. The van der Waals surface area contributed by atoms with Crippen molar-refractivity contribution in [2.45, 2.75) is 26.0 Å². The minimum atomic E-state index is -0.253. The lowest BCUT2D eigenvalue weighted by Gasteiger charge is -2.24. The van der Waals surface area contributed by atoms with Crippen LogP contribution in [-0.2, 0) is 6.54 Å². The molecule has 1 aliphatic heterocycles. The molecule has 1 aromatic heterocycles. The predicted molar refractivity (Wildman–Crippen MR) is 91.3 cm³/mol. The molecule has 1 unspecified atom stereocenters. The molecular weight excluding hydrogens is 300 g/mol. The summed E-state index contributed by atoms with van der Waals surface area (Å²) in [6, 6.07) is 19.9. The van der Waals surface area contributed by atoms with Gasteiger partial charge in [0.2, 0.25) is 5.88 Å². The zero-order chi connectivity index (χ0) is 16.5. The van der Waals surface area contributed by atoms with E-state index in [0.717, 1.165) is 16.8 Å². The number of carbonyl (C=O) groups is 1. The molecule has 0 saturated carbocycles. The number of carbonyl (C=O) groups excluding carboxylic acids is 1. The van der Waals surface area contributed by atoms with Gasteiger partial charge in [0.15, 0.2) is 5.78 Å². The molecule has 0 radical (unpaired) electrons. The standard InChI is InChI=1S/C20H18N2O2/c1-14-19-17(23)12-18(16-10-6-3-7-11-16)24-20(19)22(21-14)13-15-8-4-2-5-9-15/h2-11,18H,12-13H2,1H3. The maximum Gasteiger partial charge on any atom is 0.224 e. The lowest BCUT2D eigenvalue weighted by molar-refractivity contribution is 0.0831. The molecule has 4 heteroatoms. The van der Waals surface area contributed by atoms with Crippen molar-refractivity contribution in [3.63, 3.8) is 0 Å². The molecule has 0 spiro atoms. The Balaban J connectivity index is 1.71. The van der Waals surface area contributed by atoms with Crippen LogP contribution in [0.4, 0.5) is 0 Å². The van der Waals surface area contributed by atoms with E-state index in [-0.39, 0.29) is 11.9 Å². The lowest BCUT2D eigenvalue weighted by Crippen LogP contribution is -2.22. The van der Waals surface area contributed by atoms with Gasteiger partial charge in [-0.3, -0.25) is 4.79 Å². The summed E-state index contributed by atoms with van der Waals surface area (Å²) in [5.74, 6) is 0.684. The molecule has 0 saturated heterocycles. The van der Waals surface area contributed by atoms with E-state index in [1.807, 2.05) is 67.6 Å². The number of hydrogen-bond acceptors (Lipinski definition) is 3. The molecule has 24 heavy (non-hydrogen) atoms. The lowest BCUT2D eigenvalue weighted by atomic mass is 9.98. The van der Waals surface area contributed by atoms with Crippen LogP contribution in [0, 0.1) is 6.92 Å². The number of Topliss-reactive ketones (excluding diaryl/α,β-unsaturated/α-hetero) is 1. The number of hydrogen-bond donors (Lipinski definition) is 0. The molecule has 0 aliphatic carbocycles. The molecule has 2 aromatic carbocycles. The number of aromatic nitrogens is 2. The minimum Gasteiger partial charge on any atom is -0.469 e. The summed E-state index contributed by atoms with van der Waals surface area (Å²) < 4.78 is 7.99. The topological polar surface area (TPSA) is 44.1 Å². The van der Waals surface area contributed by atoms with Crippen molar-refractivity contribution < 1.29 is 9.53 Å². The number of aryl methyl sites for hydroxylation is 1.